The average Bonchev–Trinajstić information content (AvgIpc) is 2.19. The molecule has 1 rings (SSSR count). The summed E-state index contributed by atoms with van der Waals surface area (Å²) in [5, 5.41) is 3.70. The number of nitrogens with one attached hydrogen (secondary N) is 1. The van der Waals surface area contributed by atoms with Gasteiger partial charge in [-0.1, -0.05) is 33.6 Å². The van der Waals surface area contributed by atoms with Gasteiger partial charge in [-0.15, -0.1) is 0 Å². The number of piperidine rings is 1. The van der Waals surface area contributed by atoms with E-state index in [1.807, 2.05) is 0 Å². The molecule has 1 aliphatic rings. The van der Waals surface area contributed by atoms with Crippen molar-refractivity contribution < 1.29 is 0 Å². The van der Waals surface area contributed by atoms with Crippen molar-refractivity contribution in [2.75, 3.05) is 6.54 Å². The van der Waals surface area contributed by atoms with Crippen molar-refractivity contribution in [1.82, 2.24) is 5.32 Å². The van der Waals surface area contributed by atoms with E-state index in [4.69, 9.17) is 0 Å². The number of rotatable bonds is 4. The second-order valence-electron chi connectivity index (χ2n) is 4.76. The molecular weight excluding hydrogens is 158 g/mol. The van der Waals surface area contributed by atoms with Crippen molar-refractivity contribution in [2.45, 2.75) is 65.3 Å². The first kappa shape index (κ1) is 11.0. The van der Waals surface area contributed by atoms with Gasteiger partial charge in [0.05, 0.1) is 0 Å². The molecular formula is C12H25N. The monoisotopic (exact) mass is 183 g/mol. The largest absolute Gasteiger partial charge is 0.313 e. The van der Waals surface area contributed by atoms with E-state index in [9.17, 15) is 0 Å². The first-order chi connectivity index (χ1) is 6.23. The van der Waals surface area contributed by atoms with Crippen molar-refractivity contribution in [3.8, 4) is 0 Å². The van der Waals surface area contributed by atoms with E-state index in [1.165, 1.54) is 45.1 Å². The lowest BCUT2D eigenvalue weighted by Crippen LogP contribution is -2.46. The Balaban J connectivity index is 2.51. The molecule has 0 radical (unpaired) electrons. The first-order valence-corrected chi connectivity index (χ1v) is 5.96. The molecule has 1 aliphatic heterocycles. The summed E-state index contributed by atoms with van der Waals surface area (Å²) in [5.74, 6) is 0. The van der Waals surface area contributed by atoms with Gasteiger partial charge in [-0.3, -0.25) is 0 Å². The molecule has 0 saturated carbocycles. The molecule has 1 heteroatoms. The summed E-state index contributed by atoms with van der Waals surface area (Å²) in [6, 6.07) is 0.784. The fourth-order valence-corrected chi connectivity index (χ4v) is 2.62. The molecule has 1 saturated heterocycles. The van der Waals surface area contributed by atoms with Crippen LogP contribution in [0.4, 0.5) is 0 Å². The zero-order chi connectivity index (χ0) is 9.73. The lowest BCUT2D eigenvalue weighted by atomic mass is 9.73. The minimum absolute atomic E-state index is 0.551. The molecule has 1 N–H and O–H groups in total. The Hall–Kier alpha value is -0.0400. The van der Waals surface area contributed by atoms with Crippen LogP contribution in [0, 0.1) is 5.41 Å². The lowest BCUT2D eigenvalue weighted by molar-refractivity contribution is 0.159. The predicted octanol–water partition coefficient (Wildman–Crippen LogP) is 3.34. The molecule has 0 aliphatic carbocycles. The molecule has 0 bridgehead atoms. The van der Waals surface area contributed by atoms with Gasteiger partial charge in [0, 0.05) is 6.04 Å². The fourth-order valence-electron chi connectivity index (χ4n) is 2.62. The summed E-state index contributed by atoms with van der Waals surface area (Å²) in [4.78, 5) is 0. The highest BCUT2D eigenvalue weighted by atomic mass is 14.9. The Morgan fingerprint density at radius 2 is 2.08 bits per heavy atom. The van der Waals surface area contributed by atoms with Crippen LogP contribution in [0.2, 0.25) is 0 Å². The second kappa shape index (κ2) is 4.99. The molecule has 78 valence electrons. The van der Waals surface area contributed by atoms with Crippen molar-refractivity contribution >= 4 is 0 Å². The Morgan fingerprint density at radius 3 is 2.54 bits per heavy atom. The summed E-state index contributed by atoms with van der Waals surface area (Å²) >= 11 is 0. The van der Waals surface area contributed by atoms with E-state index >= 15 is 0 Å². The van der Waals surface area contributed by atoms with Crippen molar-refractivity contribution in [3.05, 3.63) is 0 Å². The van der Waals surface area contributed by atoms with Crippen LogP contribution in [0.1, 0.15) is 59.3 Å². The maximum Gasteiger partial charge on any atom is 0.0121 e. The van der Waals surface area contributed by atoms with Crippen LogP contribution in [0.25, 0.3) is 0 Å². The maximum absolute atomic E-state index is 3.70. The average molecular weight is 183 g/mol. The molecule has 2 atom stereocenters. The summed E-state index contributed by atoms with van der Waals surface area (Å²) in [6.07, 6.45) is 8.21. The molecule has 2 unspecified atom stereocenters. The molecule has 0 aromatic carbocycles. The first-order valence-electron chi connectivity index (χ1n) is 5.96. The van der Waals surface area contributed by atoms with E-state index in [0.717, 1.165) is 6.04 Å². The third kappa shape index (κ3) is 2.70. The zero-order valence-electron chi connectivity index (χ0n) is 9.53. The smallest absolute Gasteiger partial charge is 0.0121 e. The third-order valence-electron chi connectivity index (χ3n) is 3.78. The van der Waals surface area contributed by atoms with Crippen LogP contribution in [0.5, 0.6) is 0 Å². The van der Waals surface area contributed by atoms with Gasteiger partial charge < -0.3 is 5.32 Å². The third-order valence-corrected chi connectivity index (χ3v) is 3.78. The van der Waals surface area contributed by atoms with Gasteiger partial charge in [-0.05, 0) is 37.6 Å². The number of hydrogen-bond donors (Lipinski definition) is 1. The van der Waals surface area contributed by atoms with Crippen molar-refractivity contribution in [3.63, 3.8) is 0 Å². The summed E-state index contributed by atoms with van der Waals surface area (Å²) in [6.45, 7) is 8.34. The van der Waals surface area contributed by atoms with Crippen LogP contribution in [0.3, 0.4) is 0 Å². The van der Waals surface area contributed by atoms with E-state index in [2.05, 4.69) is 26.1 Å². The van der Waals surface area contributed by atoms with Gasteiger partial charge in [0.2, 0.25) is 0 Å². The maximum atomic E-state index is 3.70. The van der Waals surface area contributed by atoms with E-state index < -0.39 is 0 Å². The topological polar surface area (TPSA) is 12.0 Å². The number of hydrogen-bond acceptors (Lipinski definition) is 1. The van der Waals surface area contributed by atoms with Crippen LogP contribution in [-0.2, 0) is 0 Å². The molecule has 0 aromatic heterocycles. The van der Waals surface area contributed by atoms with Gasteiger partial charge in [-0.25, -0.2) is 0 Å². The van der Waals surface area contributed by atoms with Crippen molar-refractivity contribution in [1.29, 1.82) is 0 Å². The Morgan fingerprint density at radius 1 is 1.31 bits per heavy atom. The molecule has 1 heterocycles. The Kier molecular flexibility index (Phi) is 4.24. The zero-order valence-corrected chi connectivity index (χ0v) is 9.53. The minimum atomic E-state index is 0.551. The van der Waals surface area contributed by atoms with Crippen LogP contribution in [-0.4, -0.2) is 12.6 Å². The summed E-state index contributed by atoms with van der Waals surface area (Å²) in [5.41, 5.74) is 0.551. The molecule has 0 amide bonds. The highest BCUT2D eigenvalue weighted by molar-refractivity contribution is 4.88. The highest BCUT2D eigenvalue weighted by Crippen LogP contribution is 2.35. The van der Waals surface area contributed by atoms with Gasteiger partial charge in [0.25, 0.3) is 0 Å². The van der Waals surface area contributed by atoms with E-state index in [-0.39, 0.29) is 0 Å². The lowest BCUT2D eigenvalue weighted by Gasteiger charge is -2.40. The predicted molar refractivity (Wildman–Crippen MR) is 58.9 cm³/mol. The summed E-state index contributed by atoms with van der Waals surface area (Å²) in [7, 11) is 0. The van der Waals surface area contributed by atoms with Gasteiger partial charge in [0.1, 0.15) is 0 Å². The van der Waals surface area contributed by atoms with Crippen LogP contribution < -0.4 is 5.32 Å². The highest BCUT2D eigenvalue weighted by Gasteiger charge is 2.32. The van der Waals surface area contributed by atoms with Crippen LogP contribution >= 0.6 is 0 Å². The van der Waals surface area contributed by atoms with Gasteiger partial charge >= 0.3 is 0 Å². The second-order valence-corrected chi connectivity index (χ2v) is 4.76. The minimum Gasteiger partial charge on any atom is -0.313 e. The fraction of sp³-hybridized carbons (Fsp3) is 1.00. The van der Waals surface area contributed by atoms with E-state index in [0.29, 0.717) is 5.41 Å². The molecule has 1 nitrogen and oxygen atoms in total. The van der Waals surface area contributed by atoms with Crippen LogP contribution in [0.15, 0.2) is 0 Å². The SMILES string of the molecule is CCCC(C)(CC)C1CCCCN1. The standard InChI is InChI=1S/C12H25N/c1-4-9-12(3,5-2)11-8-6-7-10-13-11/h11,13H,4-10H2,1-3H3. The van der Waals surface area contributed by atoms with Gasteiger partial charge in [-0.2, -0.15) is 0 Å². The Bertz CT molecular complexity index is 138. The normalized spacial score (nSPS) is 28.4. The Labute approximate surface area is 83.3 Å². The quantitative estimate of drug-likeness (QED) is 0.705. The molecule has 0 aromatic rings. The van der Waals surface area contributed by atoms with E-state index in [1.54, 1.807) is 0 Å². The van der Waals surface area contributed by atoms with Crippen molar-refractivity contribution in [2.24, 2.45) is 5.41 Å². The molecule has 0 spiro atoms. The van der Waals surface area contributed by atoms with Gasteiger partial charge in [0.15, 0.2) is 0 Å². The summed E-state index contributed by atoms with van der Waals surface area (Å²) < 4.78 is 0. The molecule has 1 fully saturated rings. The molecule has 13 heavy (non-hydrogen) atoms.